The van der Waals surface area contributed by atoms with Crippen LogP contribution in [0.3, 0.4) is 0 Å². The molecule has 0 aromatic rings. The summed E-state index contributed by atoms with van der Waals surface area (Å²) in [6, 6.07) is 0.282. The summed E-state index contributed by atoms with van der Waals surface area (Å²) in [4.78, 5) is 16.8. The summed E-state index contributed by atoms with van der Waals surface area (Å²) in [5.41, 5.74) is 5.99. The number of hydrogen-bond acceptors (Lipinski definition) is 4. The molecule has 2 aliphatic rings. The van der Waals surface area contributed by atoms with E-state index in [1.54, 1.807) is 11.8 Å². The molecule has 2 fully saturated rings. The van der Waals surface area contributed by atoms with Crippen molar-refractivity contribution in [2.75, 3.05) is 38.2 Å². The lowest BCUT2D eigenvalue weighted by molar-refractivity contribution is -0.131. The van der Waals surface area contributed by atoms with E-state index in [0.29, 0.717) is 6.04 Å². The molecule has 0 aromatic heterocycles. The summed E-state index contributed by atoms with van der Waals surface area (Å²) in [6.45, 7) is 4.22. The maximum atomic E-state index is 12.3. The van der Waals surface area contributed by atoms with Crippen molar-refractivity contribution in [1.29, 1.82) is 0 Å². The van der Waals surface area contributed by atoms with Crippen LogP contribution in [-0.2, 0) is 4.79 Å². The lowest BCUT2D eigenvalue weighted by Gasteiger charge is -2.32. The van der Waals surface area contributed by atoms with E-state index in [1.165, 1.54) is 32.4 Å². The zero-order valence-electron chi connectivity index (χ0n) is 12.0. The number of carbonyl (C=O) groups is 1. The molecule has 2 atom stereocenters. The fraction of sp³-hybridized carbons (Fsp3) is 0.929. The maximum Gasteiger partial charge on any atom is 0.239 e. The Morgan fingerprint density at radius 3 is 2.74 bits per heavy atom. The number of carbonyl (C=O) groups excluding carboxylic acids is 1. The van der Waals surface area contributed by atoms with Crippen molar-refractivity contribution in [3.8, 4) is 0 Å². The lowest BCUT2D eigenvalue weighted by atomic mass is 10.1. The van der Waals surface area contributed by atoms with Gasteiger partial charge in [-0.3, -0.25) is 9.69 Å². The van der Waals surface area contributed by atoms with Crippen LogP contribution in [0, 0.1) is 0 Å². The first-order chi connectivity index (χ1) is 9.22. The van der Waals surface area contributed by atoms with Crippen LogP contribution in [-0.4, -0.2) is 66.0 Å². The van der Waals surface area contributed by atoms with Gasteiger partial charge in [0.05, 0.1) is 6.04 Å². The maximum absolute atomic E-state index is 12.3. The number of nitrogens with two attached hydrogens (primary N) is 1. The van der Waals surface area contributed by atoms with Crippen molar-refractivity contribution in [3.05, 3.63) is 0 Å². The van der Waals surface area contributed by atoms with E-state index in [-0.39, 0.29) is 11.9 Å². The van der Waals surface area contributed by atoms with E-state index in [2.05, 4.69) is 11.2 Å². The summed E-state index contributed by atoms with van der Waals surface area (Å²) in [6.07, 6.45) is 7.98. The van der Waals surface area contributed by atoms with Gasteiger partial charge in [-0.1, -0.05) is 6.42 Å². The molecule has 19 heavy (non-hydrogen) atoms. The van der Waals surface area contributed by atoms with Gasteiger partial charge in [-0.2, -0.15) is 11.8 Å². The van der Waals surface area contributed by atoms with Gasteiger partial charge in [0, 0.05) is 19.1 Å². The molecule has 0 aromatic carbocycles. The van der Waals surface area contributed by atoms with Crippen molar-refractivity contribution in [2.24, 2.45) is 5.73 Å². The van der Waals surface area contributed by atoms with E-state index in [0.717, 1.165) is 31.7 Å². The zero-order chi connectivity index (χ0) is 13.7. The molecular formula is C14H27N3OS. The molecular weight excluding hydrogens is 258 g/mol. The smallest absolute Gasteiger partial charge is 0.239 e. The predicted octanol–water partition coefficient (Wildman–Crippen LogP) is 1.15. The third-order valence-electron chi connectivity index (χ3n) is 4.33. The van der Waals surface area contributed by atoms with E-state index in [4.69, 9.17) is 5.73 Å². The second kappa shape index (κ2) is 7.50. The van der Waals surface area contributed by atoms with Crippen LogP contribution >= 0.6 is 11.8 Å². The molecule has 0 radical (unpaired) electrons. The molecule has 1 amide bonds. The fourth-order valence-corrected chi connectivity index (χ4v) is 3.62. The number of nitrogens with zero attached hydrogens (tertiary/aromatic N) is 2. The van der Waals surface area contributed by atoms with Gasteiger partial charge in [0.15, 0.2) is 0 Å². The Morgan fingerprint density at radius 2 is 2.05 bits per heavy atom. The molecule has 2 heterocycles. The SMILES string of the molecule is CSCC[C@H](N)C(=O)N1CCC(N2CCCCC2)C1. The van der Waals surface area contributed by atoms with Gasteiger partial charge in [-0.05, 0) is 50.8 Å². The summed E-state index contributed by atoms with van der Waals surface area (Å²) in [5.74, 6) is 1.13. The molecule has 2 rings (SSSR count). The van der Waals surface area contributed by atoms with Gasteiger partial charge in [0.2, 0.25) is 5.91 Å². The average molecular weight is 285 g/mol. The Labute approximate surface area is 121 Å². The molecule has 2 aliphatic heterocycles. The highest BCUT2D eigenvalue weighted by Gasteiger charge is 2.32. The van der Waals surface area contributed by atoms with E-state index in [1.807, 2.05) is 4.90 Å². The second-order valence-electron chi connectivity index (χ2n) is 5.71. The molecule has 2 saturated heterocycles. The first-order valence-electron chi connectivity index (χ1n) is 7.49. The molecule has 0 aliphatic carbocycles. The molecule has 110 valence electrons. The fourth-order valence-electron chi connectivity index (χ4n) is 3.13. The highest BCUT2D eigenvalue weighted by atomic mass is 32.2. The van der Waals surface area contributed by atoms with Crippen LogP contribution in [0.1, 0.15) is 32.1 Å². The minimum Gasteiger partial charge on any atom is -0.340 e. The zero-order valence-corrected chi connectivity index (χ0v) is 12.8. The lowest BCUT2D eigenvalue weighted by Crippen LogP contribution is -2.45. The molecule has 4 nitrogen and oxygen atoms in total. The third kappa shape index (κ3) is 4.10. The summed E-state index contributed by atoms with van der Waals surface area (Å²) < 4.78 is 0. The Kier molecular flexibility index (Phi) is 5.98. The highest BCUT2D eigenvalue weighted by Crippen LogP contribution is 2.20. The van der Waals surface area contributed by atoms with E-state index in [9.17, 15) is 4.79 Å². The highest BCUT2D eigenvalue weighted by molar-refractivity contribution is 7.98. The minimum absolute atomic E-state index is 0.161. The van der Waals surface area contributed by atoms with Crippen LogP contribution in [0.4, 0.5) is 0 Å². The van der Waals surface area contributed by atoms with Gasteiger partial charge in [0.25, 0.3) is 0 Å². The van der Waals surface area contributed by atoms with Gasteiger partial charge in [-0.25, -0.2) is 0 Å². The van der Waals surface area contributed by atoms with Crippen LogP contribution in [0.5, 0.6) is 0 Å². The Morgan fingerprint density at radius 1 is 1.32 bits per heavy atom. The van der Waals surface area contributed by atoms with Crippen LogP contribution in [0.15, 0.2) is 0 Å². The van der Waals surface area contributed by atoms with Crippen molar-refractivity contribution in [1.82, 2.24) is 9.80 Å². The topological polar surface area (TPSA) is 49.6 Å². The number of thioether (sulfide) groups is 1. The molecule has 0 saturated carbocycles. The minimum atomic E-state index is -0.299. The van der Waals surface area contributed by atoms with Crippen LogP contribution in [0.2, 0.25) is 0 Å². The summed E-state index contributed by atoms with van der Waals surface area (Å²) >= 11 is 1.75. The number of rotatable bonds is 5. The van der Waals surface area contributed by atoms with Gasteiger partial charge < -0.3 is 10.6 Å². The quantitative estimate of drug-likeness (QED) is 0.823. The number of hydrogen-bond donors (Lipinski definition) is 1. The van der Waals surface area contributed by atoms with Crippen LogP contribution in [0.25, 0.3) is 0 Å². The van der Waals surface area contributed by atoms with Crippen LogP contribution < -0.4 is 5.73 Å². The Balaban J connectivity index is 1.78. The van der Waals surface area contributed by atoms with Crippen molar-refractivity contribution >= 4 is 17.7 Å². The molecule has 0 bridgehead atoms. The van der Waals surface area contributed by atoms with Gasteiger partial charge >= 0.3 is 0 Å². The second-order valence-corrected chi connectivity index (χ2v) is 6.70. The van der Waals surface area contributed by atoms with E-state index >= 15 is 0 Å². The Hall–Kier alpha value is -0.260. The normalized spacial score (nSPS) is 26.6. The molecule has 2 N–H and O–H groups in total. The molecule has 0 spiro atoms. The van der Waals surface area contributed by atoms with Gasteiger partial charge in [-0.15, -0.1) is 0 Å². The Bertz CT molecular complexity index is 294. The first kappa shape index (κ1) is 15.1. The monoisotopic (exact) mass is 285 g/mol. The van der Waals surface area contributed by atoms with Crippen molar-refractivity contribution in [3.63, 3.8) is 0 Å². The average Bonchev–Trinajstić information content (AvgIpc) is 2.94. The predicted molar refractivity (Wildman–Crippen MR) is 81.4 cm³/mol. The van der Waals surface area contributed by atoms with Crippen molar-refractivity contribution in [2.45, 2.75) is 44.2 Å². The molecule has 5 heteroatoms. The largest absolute Gasteiger partial charge is 0.340 e. The van der Waals surface area contributed by atoms with Crippen molar-refractivity contribution < 1.29 is 4.79 Å². The number of likely N-dealkylation sites (tertiary alicyclic amines) is 2. The number of amides is 1. The summed E-state index contributed by atoms with van der Waals surface area (Å²) in [7, 11) is 0. The number of piperidine rings is 1. The molecule has 1 unspecified atom stereocenters. The first-order valence-corrected chi connectivity index (χ1v) is 8.89. The summed E-state index contributed by atoms with van der Waals surface area (Å²) in [5, 5.41) is 0. The third-order valence-corrected chi connectivity index (χ3v) is 4.98. The van der Waals surface area contributed by atoms with E-state index < -0.39 is 0 Å². The van der Waals surface area contributed by atoms with Gasteiger partial charge in [0.1, 0.15) is 0 Å². The standard InChI is InChI=1S/C14H27N3OS/c1-19-10-6-13(15)14(18)17-9-5-12(11-17)16-7-3-2-4-8-16/h12-13H,2-11,15H2,1H3/t12?,13-/m0/s1.